The minimum atomic E-state index is -0.378. The molecule has 0 saturated carbocycles. The number of hydrogen-bond acceptors (Lipinski definition) is 4. The molecule has 1 aliphatic rings. The lowest BCUT2D eigenvalue weighted by atomic mass is 9.81. The predicted octanol–water partition coefficient (Wildman–Crippen LogP) is 2.82. The van der Waals surface area contributed by atoms with Gasteiger partial charge in [0.25, 0.3) is 0 Å². The summed E-state index contributed by atoms with van der Waals surface area (Å²) in [6, 6.07) is 7.63. The standard InChI is InChI=1S/C14H11BrN2O2S/c15-9-3-1-2-8(6-9)12-10(14-16-4-5-20-14)7-11(18)17-13(12)19/h1-6,10,12H,7H2,(H,17,18,19). The summed E-state index contributed by atoms with van der Waals surface area (Å²) in [5.74, 6) is -1.05. The molecular weight excluding hydrogens is 340 g/mol. The van der Waals surface area contributed by atoms with Crippen LogP contribution >= 0.6 is 27.3 Å². The van der Waals surface area contributed by atoms with E-state index in [0.29, 0.717) is 0 Å². The van der Waals surface area contributed by atoms with Crippen molar-refractivity contribution >= 4 is 39.1 Å². The molecule has 3 rings (SSSR count). The van der Waals surface area contributed by atoms with Crippen LogP contribution in [0.1, 0.15) is 28.8 Å². The van der Waals surface area contributed by atoms with Crippen LogP contribution in [0.25, 0.3) is 0 Å². The van der Waals surface area contributed by atoms with Gasteiger partial charge >= 0.3 is 0 Å². The maximum Gasteiger partial charge on any atom is 0.234 e. The van der Waals surface area contributed by atoms with Gasteiger partial charge in [0.05, 0.1) is 10.9 Å². The van der Waals surface area contributed by atoms with Crippen molar-refractivity contribution in [2.24, 2.45) is 0 Å². The Morgan fingerprint density at radius 2 is 2.20 bits per heavy atom. The van der Waals surface area contributed by atoms with Gasteiger partial charge in [0.1, 0.15) is 0 Å². The normalized spacial score (nSPS) is 22.6. The van der Waals surface area contributed by atoms with Gasteiger partial charge in [0.15, 0.2) is 0 Å². The zero-order chi connectivity index (χ0) is 14.1. The van der Waals surface area contributed by atoms with E-state index in [9.17, 15) is 9.59 Å². The van der Waals surface area contributed by atoms with Gasteiger partial charge in [-0.25, -0.2) is 4.98 Å². The van der Waals surface area contributed by atoms with Crippen LogP contribution in [-0.4, -0.2) is 16.8 Å². The lowest BCUT2D eigenvalue weighted by molar-refractivity contribution is -0.135. The zero-order valence-electron chi connectivity index (χ0n) is 10.4. The molecule has 0 spiro atoms. The molecule has 20 heavy (non-hydrogen) atoms. The molecule has 0 radical (unpaired) electrons. The highest BCUT2D eigenvalue weighted by Crippen LogP contribution is 2.39. The van der Waals surface area contributed by atoms with E-state index in [1.54, 1.807) is 6.20 Å². The topological polar surface area (TPSA) is 59.1 Å². The van der Waals surface area contributed by atoms with Crippen LogP contribution in [0.3, 0.4) is 0 Å². The number of aromatic nitrogens is 1. The van der Waals surface area contributed by atoms with Crippen molar-refractivity contribution in [1.82, 2.24) is 10.3 Å². The maximum atomic E-state index is 12.3. The van der Waals surface area contributed by atoms with Crippen LogP contribution in [0, 0.1) is 0 Å². The van der Waals surface area contributed by atoms with Crippen LogP contribution in [0.4, 0.5) is 0 Å². The second kappa shape index (κ2) is 5.46. The summed E-state index contributed by atoms with van der Waals surface area (Å²) in [5, 5.41) is 5.12. The minimum absolute atomic E-state index is 0.189. The molecule has 1 N–H and O–H groups in total. The van der Waals surface area contributed by atoms with Gasteiger partial charge in [-0.15, -0.1) is 11.3 Å². The van der Waals surface area contributed by atoms with Gasteiger partial charge in [-0.2, -0.15) is 0 Å². The molecule has 0 aliphatic carbocycles. The molecule has 1 aromatic carbocycles. The third-order valence-electron chi connectivity index (χ3n) is 3.33. The lowest BCUT2D eigenvalue weighted by Gasteiger charge is -2.29. The fraction of sp³-hybridized carbons (Fsp3) is 0.214. The van der Waals surface area contributed by atoms with E-state index in [1.165, 1.54) is 11.3 Å². The summed E-state index contributed by atoms with van der Waals surface area (Å²) in [4.78, 5) is 28.2. The van der Waals surface area contributed by atoms with Crippen molar-refractivity contribution in [2.45, 2.75) is 18.3 Å². The molecule has 2 atom stereocenters. The third kappa shape index (κ3) is 2.53. The number of rotatable bonds is 2. The quantitative estimate of drug-likeness (QED) is 0.847. The molecule has 4 nitrogen and oxygen atoms in total. The second-order valence-corrected chi connectivity index (χ2v) is 6.47. The number of hydrogen-bond donors (Lipinski definition) is 1. The van der Waals surface area contributed by atoms with Gasteiger partial charge in [0, 0.05) is 28.4 Å². The Morgan fingerprint density at radius 1 is 1.35 bits per heavy atom. The Bertz CT molecular complexity index is 657. The van der Waals surface area contributed by atoms with E-state index < -0.39 is 0 Å². The first-order chi connectivity index (χ1) is 9.65. The SMILES string of the molecule is O=C1CC(c2nccs2)C(c2cccc(Br)c2)C(=O)N1. The Morgan fingerprint density at radius 3 is 2.90 bits per heavy atom. The molecule has 1 fully saturated rings. The summed E-state index contributed by atoms with van der Waals surface area (Å²) in [7, 11) is 0. The van der Waals surface area contributed by atoms with Crippen molar-refractivity contribution in [3.8, 4) is 0 Å². The molecule has 1 aliphatic heterocycles. The number of carbonyl (C=O) groups is 2. The van der Waals surface area contributed by atoms with Crippen LogP contribution in [0.2, 0.25) is 0 Å². The molecule has 2 unspecified atom stereocenters. The fourth-order valence-corrected chi connectivity index (χ4v) is 3.69. The van der Waals surface area contributed by atoms with Gasteiger partial charge in [-0.05, 0) is 17.7 Å². The van der Waals surface area contributed by atoms with Crippen molar-refractivity contribution in [3.05, 3.63) is 50.9 Å². The van der Waals surface area contributed by atoms with Crippen molar-refractivity contribution in [3.63, 3.8) is 0 Å². The number of nitrogens with zero attached hydrogens (tertiary/aromatic N) is 1. The number of benzene rings is 1. The van der Waals surface area contributed by atoms with Gasteiger partial charge in [-0.3, -0.25) is 14.9 Å². The van der Waals surface area contributed by atoms with Crippen LogP contribution in [-0.2, 0) is 9.59 Å². The summed E-state index contributed by atoms with van der Waals surface area (Å²) in [5.41, 5.74) is 0.893. The molecule has 2 amide bonds. The molecule has 102 valence electrons. The van der Waals surface area contributed by atoms with E-state index in [0.717, 1.165) is 15.0 Å². The van der Waals surface area contributed by atoms with Crippen LogP contribution in [0.15, 0.2) is 40.3 Å². The largest absolute Gasteiger partial charge is 0.296 e. The Kier molecular flexibility index (Phi) is 3.67. The van der Waals surface area contributed by atoms with Crippen LogP contribution in [0.5, 0.6) is 0 Å². The maximum absolute atomic E-state index is 12.3. The summed E-state index contributed by atoms with van der Waals surface area (Å²) in [6.45, 7) is 0. The number of thiazole rings is 1. The van der Waals surface area contributed by atoms with E-state index in [1.807, 2.05) is 29.6 Å². The summed E-state index contributed by atoms with van der Waals surface area (Å²) in [6.07, 6.45) is 1.99. The summed E-state index contributed by atoms with van der Waals surface area (Å²) >= 11 is 4.90. The molecule has 1 saturated heterocycles. The summed E-state index contributed by atoms with van der Waals surface area (Å²) < 4.78 is 0.914. The van der Waals surface area contributed by atoms with Gasteiger partial charge in [0.2, 0.25) is 11.8 Å². The zero-order valence-corrected chi connectivity index (χ0v) is 12.8. The molecular formula is C14H11BrN2O2S. The van der Waals surface area contributed by atoms with Crippen LogP contribution < -0.4 is 5.32 Å². The number of imide groups is 1. The first kappa shape index (κ1) is 13.5. The number of amides is 2. The first-order valence-corrected chi connectivity index (χ1v) is 7.81. The van der Waals surface area contributed by atoms with Crippen molar-refractivity contribution in [1.29, 1.82) is 0 Å². The third-order valence-corrected chi connectivity index (χ3v) is 4.73. The molecule has 0 bridgehead atoms. The highest BCUT2D eigenvalue weighted by molar-refractivity contribution is 9.10. The molecule has 2 heterocycles. The second-order valence-electron chi connectivity index (χ2n) is 4.63. The van der Waals surface area contributed by atoms with E-state index in [2.05, 4.69) is 26.2 Å². The molecule has 6 heteroatoms. The number of carbonyl (C=O) groups excluding carboxylic acids is 2. The number of nitrogens with one attached hydrogen (secondary N) is 1. The smallest absolute Gasteiger partial charge is 0.234 e. The van der Waals surface area contributed by atoms with Gasteiger partial charge in [-0.1, -0.05) is 28.1 Å². The van der Waals surface area contributed by atoms with E-state index in [-0.39, 0.29) is 30.1 Å². The first-order valence-electron chi connectivity index (χ1n) is 6.13. The van der Waals surface area contributed by atoms with Crippen molar-refractivity contribution in [2.75, 3.05) is 0 Å². The molecule has 2 aromatic rings. The highest BCUT2D eigenvalue weighted by Gasteiger charge is 2.39. The average Bonchev–Trinajstić information content (AvgIpc) is 2.91. The Balaban J connectivity index is 2.04. The molecule has 1 aromatic heterocycles. The van der Waals surface area contributed by atoms with Crippen molar-refractivity contribution < 1.29 is 9.59 Å². The fourth-order valence-electron chi connectivity index (χ4n) is 2.50. The lowest BCUT2D eigenvalue weighted by Crippen LogP contribution is -2.43. The average molecular weight is 351 g/mol. The Labute approximate surface area is 128 Å². The van der Waals surface area contributed by atoms with Gasteiger partial charge < -0.3 is 0 Å². The monoisotopic (exact) mass is 350 g/mol. The minimum Gasteiger partial charge on any atom is -0.296 e. The number of piperidine rings is 1. The predicted molar refractivity (Wildman–Crippen MR) is 79.5 cm³/mol. The Hall–Kier alpha value is -1.53. The van der Waals surface area contributed by atoms with E-state index in [4.69, 9.17) is 0 Å². The van der Waals surface area contributed by atoms with E-state index >= 15 is 0 Å². The highest BCUT2D eigenvalue weighted by atomic mass is 79.9. The number of halogens is 1.